The molecule has 1 aliphatic rings. The van der Waals surface area contributed by atoms with Gasteiger partial charge in [0.1, 0.15) is 0 Å². The second kappa shape index (κ2) is 4.85. The van der Waals surface area contributed by atoms with E-state index in [-0.39, 0.29) is 11.9 Å². The Morgan fingerprint density at radius 3 is 2.82 bits per heavy atom. The largest absolute Gasteiger partial charge is 0.326 e. The lowest BCUT2D eigenvalue weighted by Gasteiger charge is -2.31. The van der Waals surface area contributed by atoms with Gasteiger partial charge in [0.05, 0.1) is 0 Å². The normalized spacial score (nSPS) is 16.9. The first-order valence-corrected chi connectivity index (χ1v) is 5.99. The van der Waals surface area contributed by atoms with Crippen molar-refractivity contribution in [3.8, 4) is 0 Å². The number of benzene rings is 1. The molecule has 2 rings (SSSR count). The fourth-order valence-electron chi connectivity index (χ4n) is 2.23. The van der Waals surface area contributed by atoms with E-state index in [2.05, 4.69) is 6.07 Å². The van der Waals surface area contributed by atoms with Crippen LogP contribution in [0.4, 0.5) is 5.69 Å². The van der Waals surface area contributed by atoms with Gasteiger partial charge < -0.3 is 16.4 Å². The first-order valence-electron chi connectivity index (χ1n) is 5.99. The van der Waals surface area contributed by atoms with E-state index >= 15 is 0 Å². The summed E-state index contributed by atoms with van der Waals surface area (Å²) in [5, 5.41) is 0. The van der Waals surface area contributed by atoms with Gasteiger partial charge in [-0.05, 0) is 30.5 Å². The van der Waals surface area contributed by atoms with E-state index < -0.39 is 0 Å². The van der Waals surface area contributed by atoms with Gasteiger partial charge in [-0.3, -0.25) is 4.79 Å². The van der Waals surface area contributed by atoms with Crippen LogP contribution in [0.25, 0.3) is 0 Å². The van der Waals surface area contributed by atoms with Crippen LogP contribution in [0.3, 0.4) is 0 Å². The lowest BCUT2D eigenvalue weighted by Crippen LogP contribution is -2.42. The zero-order valence-corrected chi connectivity index (χ0v) is 10.1. The highest BCUT2D eigenvalue weighted by molar-refractivity contribution is 5.96. The van der Waals surface area contributed by atoms with E-state index in [0.717, 1.165) is 17.7 Å². The van der Waals surface area contributed by atoms with E-state index in [4.69, 9.17) is 11.5 Å². The number of amides is 1. The van der Waals surface area contributed by atoms with E-state index in [1.165, 1.54) is 5.56 Å². The Kier molecular flexibility index (Phi) is 3.45. The zero-order valence-electron chi connectivity index (χ0n) is 10.1. The Hall–Kier alpha value is -1.39. The van der Waals surface area contributed by atoms with Gasteiger partial charge >= 0.3 is 0 Å². The van der Waals surface area contributed by atoms with Crippen molar-refractivity contribution in [2.75, 3.05) is 11.4 Å². The van der Waals surface area contributed by atoms with Crippen molar-refractivity contribution in [2.45, 2.75) is 32.4 Å². The molecule has 1 aromatic carbocycles. The van der Waals surface area contributed by atoms with Crippen molar-refractivity contribution < 1.29 is 4.79 Å². The molecule has 17 heavy (non-hydrogen) atoms. The van der Waals surface area contributed by atoms with E-state index in [0.29, 0.717) is 19.5 Å². The van der Waals surface area contributed by atoms with Crippen molar-refractivity contribution in [1.82, 2.24) is 0 Å². The summed E-state index contributed by atoms with van der Waals surface area (Å²) >= 11 is 0. The highest BCUT2D eigenvalue weighted by Crippen LogP contribution is 2.28. The number of rotatable bonds is 3. The van der Waals surface area contributed by atoms with Gasteiger partial charge in [0.15, 0.2) is 0 Å². The van der Waals surface area contributed by atoms with Gasteiger partial charge in [0.2, 0.25) is 5.91 Å². The van der Waals surface area contributed by atoms with Crippen molar-refractivity contribution in [3.05, 3.63) is 29.3 Å². The average molecular weight is 233 g/mol. The molecule has 1 unspecified atom stereocenters. The standard InChI is InChI=1S/C13H19N3O/c1-9(15)8-16-12-4-2-10(7-14)6-11(12)3-5-13(16)17/h2,4,6,9H,3,5,7-8,14-15H2,1H3. The predicted molar refractivity (Wildman–Crippen MR) is 68.7 cm³/mol. The molecule has 1 aromatic rings. The lowest BCUT2D eigenvalue weighted by atomic mass is 9.98. The number of aryl methyl sites for hydroxylation is 1. The molecule has 4 N–H and O–H groups in total. The predicted octanol–water partition coefficient (Wildman–Crippen LogP) is 0.772. The molecule has 0 bridgehead atoms. The molecule has 0 fully saturated rings. The van der Waals surface area contributed by atoms with E-state index in [9.17, 15) is 4.79 Å². The van der Waals surface area contributed by atoms with Crippen LogP contribution in [0.15, 0.2) is 18.2 Å². The zero-order chi connectivity index (χ0) is 12.4. The Morgan fingerprint density at radius 2 is 2.18 bits per heavy atom. The molecule has 1 atom stereocenters. The van der Waals surface area contributed by atoms with Gasteiger partial charge in [-0.25, -0.2) is 0 Å². The summed E-state index contributed by atoms with van der Waals surface area (Å²) in [6.07, 6.45) is 1.37. The molecular weight excluding hydrogens is 214 g/mol. The van der Waals surface area contributed by atoms with Crippen molar-refractivity contribution in [1.29, 1.82) is 0 Å². The Balaban J connectivity index is 2.34. The Bertz CT molecular complexity index is 429. The quantitative estimate of drug-likeness (QED) is 0.810. The molecule has 92 valence electrons. The fraction of sp³-hybridized carbons (Fsp3) is 0.462. The highest BCUT2D eigenvalue weighted by atomic mass is 16.2. The highest BCUT2D eigenvalue weighted by Gasteiger charge is 2.24. The molecule has 4 heteroatoms. The molecule has 0 radical (unpaired) electrons. The minimum Gasteiger partial charge on any atom is -0.326 e. The maximum Gasteiger partial charge on any atom is 0.227 e. The van der Waals surface area contributed by atoms with Crippen LogP contribution in [0.5, 0.6) is 0 Å². The maximum atomic E-state index is 11.9. The number of carbonyl (C=O) groups is 1. The number of anilines is 1. The maximum absolute atomic E-state index is 11.9. The van der Waals surface area contributed by atoms with Gasteiger partial charge in [-0.1, -0.05) is 12.1 Å². The molecule has 0 saturated carbocycles. The summed E-state index contributed by atoms with van der Waals surface area (Å²) in [6.45, 7) is 3.03. The number of nitrogens with zero attached hydrogens (tertiary/aromatic N) is 1. The minimum atomic E-state index is -0.0147. The van der Waals surface area contributed by atoms with E-state index in [1.54, 1.807) is 4.90 Å². The molecule has 1 aliphatic heterocycles. The Labute approximate surface area is 102 Å². The number of fused-ring (bicyclic) bond motifs is 1. The van der Waals surface area contributed by atoms with Crippen LogP contribution < -0.4 is 16.4 Å². The van der Waals surface area contributed by atoms with Gasteiger partial charge in [-0.15, -0.1) is 0 Å². The minimum absolute atomic E-state index is 0.0147. The molecule has 0 saturated heterocycles. The summed E-state index contributed by atoms with van der Waals surface area (Å²) in [4.78, 5) is 13.7. The number of hydrogen-bond donors (Lipinski definition) is 2. The summed E-state index contributed by atoms with van der Waals surface area (Å²) < 4.78 is 0. The van der Waals surface area contributed by atoms with Gasteiger partial charge in [0.25, 0.3) is 0 Å². The third-order valence-electron chi connectivity index (χ3n) is 3.05. The van der Waals surface area contributed by atoms with Gasteiger partial charge in [0, 0.05) is 31.2 Å². The third-order valence-corrected chi connectivity index (χ3v) is 3.05. The summed E-state index contributed by atoms with van der Waals surface area (Å²) in [6, 6.07) is 6.04. The van der Waals surface area contributed by atoms with Crippen LogP contribution in [0.1, 0.15) is 24.5 Å². The van der Waals surface area contributed by atoms with Crippen LogP contribution in [-0.2, 0) is 17.8 Å². The van der Waals surface area contributed by atoms with Crippen LogP contribution in [-0.4, -0.2) is 18.5 Å². The molecule has 4 nitrogen and oxygen atoms in total. The first kappa shape index (κ1) is 12.1. The topological polar surface area (TPSA) is 72.3 Å². The average Bonchev–Trinajstić information content (AvgIpc) is 2.32. The van der Waals surface area contributed by atoms with Crippen LogP contribution in [0, 0.1) is 0 Å². The molecule has 0 aliphatic carbocycles. The number of hydrogen-bond acceptors (Lipinski definition) is 3. The summed E-state index contributed by atoms with van der Waals surface area (Å²) in [7, 11) is 0. The molecule has 0 aromatic heterocycles. The van der Waals surface area contributed by atoms with Gasteiger partial charge in [-0.2, -0.15) is 0 Å². The molecule has 0 spiro atoms. The molecule has 1 heterocycles. The first-order chi connectivity index (χ1) is 8.11. The monoisotopic (exact) mass is 233 g/mol. The molecule has 1 amide bonds. The number of nitrogens with two attached hydrogens (primary N) is 2. The smallest absolute Gasteiger partial charge is 0.227 e. The van der Waals surface area contributed by atoms with Crippen LogP contribution in [0.2, 0.25) is 0 Å². The Morgan fingerprint density at radius 1 is 1.41 bits per heavy atom. The van der Waals surface area contributed by atoms with Crippen molar-refractivity contribution >= 4 is 11.6 Å². The van der Waals surface area contributed by atoms with Crippen LogP contribution >= 0.6 is 0 Å². The second-order valence-electron chi connectivity index (χ2n) is 4.65. The SMILES string of the molecule is CC(N)CN1C(=O)CCc2cc(CN)ccc21. The fourth-order valence-corrected chi connectivity index (χ4v) is 2.23. The lowest BCUT2D eigenvalue weighted by molar-refractivity contribution is -0.118. The number of carbonyl (C=O) groups excluding carboxylic acids is 1. The van der Waals surface area contributed by atoms with Crippen molar-refractivity contribution in [2.24, 2.45) is 11.5 Å². The third kappa shape index (κ3) is 2.48. The van der Waals surface area contributed by atoms with E-state index in [1.807, 2.05) is 19.1 Å². The summed E-state index contributed by atoms with van der Waals surface area (Å²) in [5.74, 6) is 0.162. The van der Waals surface area contributed by atoms with Crippen molar-refractivity contribution in [3.63, 3.8) is 0 Å². The second-order valence-corrected chi connectivity index (χ2v) is 4.65. The summed E-state index contributed by atoms with van der Waals surface area (Å²) in [5.41, 5.74) is 14.7. The molecular formula is C13H19N3O.